The standard InChI is InChI=1S/C22H26N4/c1-16-9-8-10-17(2)26(16)25-21(18-11-4-3-5-12-18)15-22-23-19-13-6-7-14-20(19)24-22/h3-7,11-14,16-17H,8-10,15H2,1-2H3,(H,23,24). The highest BCUT2D eigenvalue weighted by Gasteiger charge is 2.24. The maximum absolute atomic E-state index is 5.12. The lowest BCUT2D eigenvalue weighted by Gasteiger charge is -2.37. The highest BCUT2D eigenvalue weighted by molar-refractivity contribution is 6.01. The molecule has 0 saturated carbocycles. The van der Waals surface area contributed by atoms with Gasteiger partial charge in [0.05, 0.1) is 23.2 Å². The Morgan fingerprint density at radius 3 is 2.46 bits per heavy atom. The SMILES string of the molecule is CC1CCCC(C)N1N=C(Cc1nc2ccccc2[nH]1)c1ccccc1. The summed E-state index contributed by atoms with van der Waals surface area (Å²) in [6, 6.07) is 19.6. The molecule has 0 bridgehead atoms. The van der Waals surface area contributed by atoms with E-state index in [-0.39, 0.29) is 0 Å². The molecule has 134 valence electrons. The van der Waals surface area contributed by atoms with Gasteiger partial charge >= 0.3 is 0 Å². The van der Waals surface area contributed by atoms with Gasteiger partial charge in [0, 0.05) is 12.1 Å². The zero-order chi connectivity index (χ0) is 17.9. The Labute approximate surface area is 155 Å². The normalized spacial score (nSPS) is 21.3. The van der Waals surface area contributed by atoms with Gasteiger partial charge in [-0.25, -0.2) is 4.98 Å². The first-order valence-electron chi connectivity index (χ1n) is 9.55. The second-order valence-corrected chi connectivity index (χ2v) is 7.30. The van der Waals surface area contributed by atoms with E-state index in [0.717, 1.165) is 28.1 Å². The fourth-order valence-corrected chi connectivity index (χ4v) is 3.82. The molecule has 1 aliphatic rings. The zero-order valence-corrected chi connectivity index (χ0v) is 15.5. The van der Waals surface area contributed by atoms with Crippen molar-refractivity contribution >= 4 is 16.7 Å². The third-order valence-electron chi connectivity index (χ3n) is 5.26. The lowest BCUT2D eigenvalue weighted by Crippen LogP contribution is -2.40. The van der Waals surface area contributed by atoms with Crippen molar-refractivity contribution in [1.82, 2.24) is 15.0 Å². The summed E-state index contributed by atoms with van der Waals surface area (Å²) in [4.78, 5) is 8.20. The molecule has 0 aliphatic carbocycles. The monoisotopic (exact) mass is 346 g/mol. The average Bonchev–Trinajstić information content (AvgIpc) is 3.07. The molecule has 1 N–H and O–H groups in total. The van der Waals surface area contributed by atoms with Gasteiger partial charge in [-0.2, -0.15) is 5.10 Å². The first-order chi connectivity index (χ1) is 12.7. The van der Waals surface area contributed by atoms with E-state index in [1.165, 1.54) is 19.3 Å². The van der Waals surface area contributed by atoms with Crippen molar-refractivity contribution in [1.29, 1.82) is 0 Å². The second-order valence-electron chi connectivity index (χ2n) is 7.30. The largest absolute Gasteiger partial charge is 0.342 e. The van der Waals surface area contributed by atoms with E-state index in [2.05, 4.69) is 60.2 Å². The van der Waals surface area contributed by atoms with Crippen LogP contribution >= 0.6 is 0 Å². The third kappa shape index (κ3) is 3.50. The topological polar surface area (TPSA) is 44.3 Å². The van der Waals surface area contributed by atoms with Crippen molar-refractivity contribution in [2.45, 2.75) is 51.6 Å². The van der Waals surface area contributed by atoms with Crippen molar-refractivity contribution in [2.75, 3.05) is 0 Å². The minimum absolute atomic E-state index is 0.480. The number of aromatic nitrogens is 2. The van der Waals surface area contributed by atoms with E-state index in [1.807, 2.05) is 18.2 Å². The van der Waals surface area contributed by atoms with Crippen LogP contribution in [-0.4, -0.2) is 32.8 Å². The first-order valence-corrected chi connectivity index (χ1v) is 9.55. The number of hydrazone groups is 1. The van der Waals surface area contributed by atoms with Crippen LogP contribution in [0.25, 0.3) is 11.0 Å². The van der Waals surface area contributed by atoms with Crippen LogP contribution in [0.5, 0.6) is 0 Å². The molecule has 1 aliphatic heterocycles. The van der Waals surface area contributed by atoms with Crippen molar-refractivity contribution in [3.8, 4) is 0 Å². The smallest absolute Gasteiger partial charge is 0.113 e. The van der Waals surface area contributed by atoms with Gasteiger partial charge in [0.25, 0.3) is 0 Å². The van der Waals surface area contributed by atoms with E-state index >= 15 is 0 Å². The number of imidazole rings is 1. The van der Waals surface area contributed by atoms with Crippen molar-refractivity contribution < 1.29 is 0 Å². The van der Waals surface area contributed by atoms with Gasteiger partial charge in [-0.05, 0) is 50.8 Å². The molecule has 1 fully saturated rings. The van der Waals surface area contributed by atoms with Gasteiger partial charge in [-0.3, -0.25) is 5.01 Å². The van der Waals surface area contributed by atoms with Crippen LogP contribution in [0.1, 0.15) is 44.5 Å². The summed E-state index contributed by atoms with van der Waals surface area (Å²) in [5.41, 5.74) is 4.33. The summed E-state index contributed by atoms with van der Waals surface area (Å²) < 4.78 is 0. The average molecular weight is 346 g/mol. The quantitative estimate of drug-likeness (QED) is 0.691. The summed E-state index contributed by atoms with van der Waals surface area (Å²) in [7, 11) is 0. The molecule has 4 nitrogen and oxygen atoms in total. The van der Waals surface area contributed by atoms with Gasteiger partial charge in [0.2, 0.25) is 0 Å². The molecule has 2 atom stereocenters. The van der Waals surface area contributed by atoms with E-state index in [4.69, 9.17) is 10.1 Å². The van der Waals surface area contributed by atoms with Gasteiger partial charge in [-0.1, -0.05) is 42.5 Å². The molecule has 1 saturated heterocycles. The molecule has 0 amide bonds. The third-order valence-corrected chi connectivity index (χ3v) is 5.26. The number of fused-ring (bicyclic) bond motifs is 1. The van der Waals surface area contributed by atoms with Crippen LogP contribution in [0.2, 0.25) is 0 Å². The Morgan fingerprint density at radius 2 is 1.73 bits per heavy atom. The first kappa shape index (κ1) is 16.8. The number of benzene rings is 2. The zero-order valence-electron chi connectivity index (χ0n) is 15.5. The summed E-state index contributed by atoms with van der Waals surface area (Å²) in [6.07, 6.45) is 4.41. The van der Waals surface area contributed by atoms with Crippen LogP contribution in [0.4, 0.5) is 0 Å². The van der Waals surface area contributed by atoms with Crippen LogP contribution in [0.15, 0.2) is 59.7 Å². The van der Waals surface area contributed by atoms with E-state index in [0.29, 0.717) is 18.5 Å². The van der Waals surface area contributed by atoms with E-state index in [9.17, 15) is 0 Å². The maximum Gasteiger partial charge on any atom is 0.113 e. The fourth-order valence-electron chi connectivity index (χ4n) is 3.82. The Morgan fingerprint density at radius 1 is 1.04 bits per heavy atom. The van der Waals surface area contributed by atoms with Gasteiger partial charge in [0.1, 0.15) is 5.82 Å². The van der Waals surface area contributed by atoms with Crippen molar-refractivity contribution in [2.24, 2.45) is 5.10 Å². The Bertz CT molecular complexity index is 854. The molecule has 4 rings (SSSR count). The summed E-state index contributed by atoms with van der Waals surface area (Å²) in [6.45, 7) is 4.56. The molecule has 0 radical (unpaired) electrons. The van der Waals surface area contributed by atoms with Gasteiger partial charge < -0.3 is 4.98 Å². The molecular formula is C22H26N4. The van der Waals surface area contributed by atoms with Crippen LogP contribution in [0, 0.1) is 0 Å². The number of piperidine rings is 1. The number of nitrogens with zero attached hydrogens (tertiary/aromatic N) is 3. The van der Waals surface area contributed by atoms with Crippen LogP contribution in [-0.2, 0) is 6.42 Å². The molecule has 4 heteroatoms. The number of nitrogens with one attached hydrogen (secondary N) is 1. The molecule has 2 unspecified atom stereocenters. The van der Waals surface area contributed by atoms with Crippen LogP contribution < -0.4 is 0 Å². The Kier molecular flexibility index (Phi) is 4.74. The van der Waals surface area contributed by atoms with Crippen molar-refractivity contribution in [3.05, 3.63) is 66.0 Å². The summed E-state index contributed by atoms with van der Waals surface area (Å²) in [5, 5.41) is 7.42. The second kappa shape index (κ2) is 7.32. The van der Waals surface area contributed by atoms with Gasteiger partial charge in [-0.15, -0.1) is 0 Å². The minimum Gasteiger partial charge on any atom is -0.342 e. The molecule has 2 aromatic carbocycles. The van der Waals surface area contributed by atoms with E-state index < -0.39 is 0 Å². The highest BCUT2D eigenvalue weighted by atomic mass is 15.5. The Balaban J connectivity index is 1.70. The number of para-hydroxylation sites is 2. The predicted molar refractivity (Wildman–Crippen MR) is 107 cm³/mol. The molecule has 1 aromatic heterocycles. The van der Waals surface area contributed by atoms with E-state index in [1.54, 1.807) is 0 Å². The summed E-state index contributed by atoms with van der Waals surface area (Å²) in [5.74, 6) is 0.964. The van der Waals surface area contributed by atoms with Gasteiger partial charge in [0.15, 0.2) is 0 Å². The molecule has 26 heavy (non-hydrogen) atoms. The minimum atomic E-state index is 0.480. The Hall–Kier alpha value is -2.62. The number of aromatic amines is 1. The molecular weight excluding hydrogens is 320 g/mol. The fraction of sp³-hybridized carbons (Fsp3) is 0.364. The lowest BCUT2D eigenvalue weighted by molar-refractivity contribution is 0.108. The number of rotatable bonds is 4. The number of H-pyrrole nitrogens is 1. The molecule has 2 heterocycles. The summed E-state index contributed by atoms with van der Waals surface area (Å²) >= 11 is 0. The lowest BCUT2D eigenvalue weighted by atomic mass is 10.00. The number of hydrogen-bond donors (Lipinski definition) is 1. The van der Waals surface area contributed by atoms with Crippen LogP contribution in [0.3, 0.4) is 0 Å². The maximum atomic E-state index is 5.12. The molecule has 3 aromatic rings. The van der Waals surface area contributed by atoms with Crippen molar-refractivity contribution in [3.63, 3.8) is 0 Å². The highest BCUT2D eigenvalue weighted by Crippen LogP contribution is 2.24. The molecule has 0 spiro atoms. The predicted octanol–water partition coefficient (Wildman–Crippen LogP) is 4.77. The number of hydrogen-bond acceptors (Lipinski definition) is 3.